The van der Waals surface area contributed by atoms with E-state index < -0.39 is 0 Å². The minimum atomic E-state index is -0.183. The van der Waals surface area contributed by atoms with Gasteiger partial charge in [-0.3, -0.25) is 9.36 Å². The Labute approximate surface area is 174 Å². The van der Waals surface area contributed by atoms with Crippen LogP contribution < -0.4 is 15.2 Å². The molecule has 3 heterocycles. The number of nitrogens with zero attached hydrogens (tertiary/aromatic N) is 2. The third-order valence-corrected chi connectivity index (χ3v) is 6.29. The van der Waals surface area contributed by atoms with Gasteiger partial charge in [-0.2, -0.15) is 0 Å². The second kappa shape index (κ2) is 7.55. The molecular formula is C23H25N3O4. The monoisotopic (exact) mass is 407 g/mol. The van der Waals surface area contributed by atoms with Crippen LogP contribution in [-0.4, -0.2) is 47.2 Å². The second-order valence-electron chi connectivity index (χ2n) is 8.06. The van der Waals surface area contributed by atoms with Crippen molar-refractivity contribution in [2.75, 3.05) is 26.8 Å². The quantitative estimate of drug-likeness (QED) is 0.724. The normalized spacial score (nSPS) is 19.4. The van der Waals surface area contributed by atoms with Crippen LogP contribution in [0.3, 0.4) is 0 Å². The lowest BCUT2D eigenvalue weighted by Gasteiger charge is -2.35. The first-order chi connectivity index (χ1) is 14.6. The number of rotatable bonds is 3. The summed E-state index contributed by atoms with van der Waals surface area (Å²) < 4.78 is 13.0. The number of likely N-dealkylation sites (tertiary alicyclic amines) is 1. The maximum atomic E-state index is 13.1. The van der Waals surface area contributed by atoms with E-state index in [0.29, 0.717) is 26.1 Å². The van der Waals surface area contributed by atoms with Crippen LogP contribution in [-0.2, 0) is 11.2 Å². The van der Waals surface area contributed by atoms with Crippen LogP contribution in [0.15, 0.2) is 47.3 Å². The third-order valence-electron chi connectivity index (χ3n) is 6.29. The average Bonchev–Trinajstić information content (AvgIpc) is 3.13. The molecule has 2 aliphatic rings. The number of carbonyl (C=O) groups is 1. The Kier molecular flexibility index (Phi) is 4.73. The molecule has 1 unspecified atom stereocenters. The Morgan fingerprint density at radius 1 is 1.17 bits per heavy atom. The fourth-order valence-corrected chi connectivity index (χ4v) is 4.70. The summed E-state index contributed by atoms with van der Waals surface area (Å²) in [6, 6.07) is 13.6. The van der Waals surface area contributed by atoms with Gasteiger partial charge in [0.25, 0.3) is 0 Å². The highest BCUT2D eigenvalue weighted by Crippen LogP contribution is 2.32. The first kappa shape index (κ1) is 18.8. The molecule has 1 N–H and O–H groups in total. The van der Waals surface area contributed by atoms with Gasteiger partial charge < -0.3 is 19.4 Å². The van der Waals surface area contributed by atoms with Crippen LogP contribution >= 0.6 is 0 Å². The summed E-state index contributed by atoms with van der Waals surface area (Å²) in [5.41, 5.74) is 2.72. The number of H-pyrrole nitrogens is 1. The van der Waals surface area contributed by atoms with E-state index in [1.54, 1.807) is 7.11 Å². The Balaban J connectivity index is 1.27. The molecule has 3 aromatic rings. The zero-order valence-corrected chi connectivity index (χ0v) is 17.0. The topological polar surface area (TPSA) is 76.6 Å². The Bertz CT molecular complexity index is 1140. The van der Waals surface area contributed by atoms with Gasteiger partial charge in [0.05, 0.1) is 24.1 Å². The molecule has 30 heavy (non-hydrogen) atoms. The van der Waals surface area contributed by atoms with Gasteiger partial charge in [-0.1, -0.05) is 12.1 Å². The molecule has 0 radical (unpaired) electrons. The van der Waals surface area contributed by atoms with Gasteiger partial charge in [0, 0.05) is 19.1 Å². The van der Waals surface area contributed by atoms with Crippen molar-refractivity contribution in [1.29, 1.82) is 0 Å². The van der Waals surface area contributed by atoms with Gasteiger partial charge in [-0.15, -0.1) is 0 Å². The standard InChI is InChI=1S/C23H25N3O4/c1-29-18-6-7-21-15(13-18)12-16(14-30-21)22(27)25-10-8-17(9-11-25)26-20-5-3-2-4-19(20)24-23(26)28/h2-7,13,16-17H,8-12,14H2,1H3,(H,24,28). The van der Waals surface area contributed by atoms with E-state index in [1.165, 1.54) is 0 Å². The van der Waals surface area contributed by atoms with Crippen molar-refractivity contribution in [3.05, 3.63) is 58.5 Å². The molecule has 1 atom stereocenters. The van der Waals surface area contributed by atoms with Gasteiger partial charge in [0.15, 0.2) is 0 Å². The van der Waals surface area contributed by atoms with Crippen LogP contribution in [0.25, 0.3) is 11.0 Å². The van der Waals surface area contributed by atoms with Crippen LogP contribution in [0.4, 0.5) is 0 Å². The molecule has 1 fully saturated rings. The Morgan fingerprint density at radius 2 is 1.97 bits per heavy atom. The number of aromatic amines is 1. The molecule has 0 aliphatic carbocycles. The van der Waals surface area contributed by atoms with E-state index in [9.17, 15) is 9.59 Å². The summed E-state index contributed by atoms with van der Waals surface area (Å²) in [6.07, 6.45) is 2.20. The van der Waals surface area contributed by atoms with Crippen molar-refractivity contribution in [1.82, 2.24) is 14.5 Å². The molecule has 5 rings (SSSR count). The van der Waals surface area contributed by atoms with Crippen LogP contribution in [0.5, 0.6) is 11.5 Å². The largest absolute Gasteiger partial charge is 0.497 e. The highest BCUT2D eigenvalue weighted by Gasteiger charge is 2.33. The predicted molar refractivity (Wildman–Crippen MR) is 113 cm³/mol. The number of nitrogens with one attached hydrogen (secondary N) is 1. The predicted octanol–water partition coefficient (Wildman–Crippen LogP) is 2.75. The molecule has 2 aromatic carbocycles. The van der Waals surface area contributed by atoms with Crippen LogP contribution in [0.2, 0.25) is 0 Å². The van der Waals surface area contributed by atoms with Crippen molar-refractivity contribution < 1.29 is 14.3 Å². The third kappa shape index (κ3) is 3.24. The number of ether oxygens (including phenoxy) is 2. The van der Waals surface area contributed by atoms with E-state index in [-0.39, 0.29) is 23.6 Å². The number of para-hydroxylation sites is 2. The van der Waals surface area contributed by atoms with Crippen molar-refractivity contribution in [2.45, 2.75) is 25.3 Å². The highest BCUT2D eigenvalue weighted by atomic mass is 16.5. The summed E-state index contributed by atoms with van der Waals surface area (Å²) in [4.78, 5) is 30.5. The molecule has 7 nitrogen and oxygen atoms in total. The molecule has 1 amide bonds. The number of imidazole rings is 1. The number of carbonyl (C=O) groups excluding carboxylic acids is 1. The molecule has 0 spiro atoms. The van der Waals surface area contributed by atoms with Crippen LogP contribution in [0.1, 0.15) is 24.4 Å². The number of fused-ring (bicyclic) bond motifs is 2. The molecule has 156 valence electrons. The van der Waals surface area contributed by atoms with Crippen molar-refractivity contribution in [2.24, 2.45) is 5.92 Å². The minimum Gasteiger partial charge on any atom is -0.497 e. The average molecular weight is 407 g/mol. The van der Waals surface area contributed by atoms with Crippen LogP contribution in [0, 0.1) is 5.92 Å². The number of amides is 1. The van der Waals surface area contributed by atoms with E-state index in [1.807, 2.05) is 51.9 Å². The smallest absolute Gasteiger partial charge is 0.326 e. The number of hydrogen-bond acceptors (Lipinski definition) is 4. The van der Waals surface area contributed by atoms with Crippen molar-refractivity contribution >= 4 is 16.9 Å². The van der Waals surface area contributed by atoms with Crippen molar-refractivity contribution in [3.8, 4) is 11.5 Å². The lowest BCUT2D eigenvalue weighted by molar-refractivity contribution is -0.138. The molecule has 2 aliphatic heterocycles. The number of benzene rings is 2. The molecule has 1 saturated heterocycles. The fraction of sp³-hybridized carbons (Fsp3) is 0.391. The molecule has 0 bridgehead atoms. The van der Waals surface area contributed by atoms with Gasteiger partial charge in [0.2, 0.25) is 5.91 Å². The first-order valence-corrected chi connectivity index (χ1v) is 10.4. The summed E-state index contributed by atoms with van der Waals surface area (Å²) in [7, 11) is 1.64. The lowest BCUT2D eigenvalue weighted by atomic mass is 9.94. The number of hydrogen-bond donors (Lipinski definition) is 1. The zero-order chi connectivity index (χ0) is 20.7. The fourth-order valence-electron chi connectivity index (χ4n) is 4.70. The van der Waals surface area contributed by atoms with Gasteiger partial charge in [-0.25, -0.2) is 4.79 Å². The van der Waals surface area contributed by atoms with E-state index in [4.69, 9.17) is 9.47 Å². The summed E-state index contributed by atoms with van der Waals surface area (Å²) in [5.74, 6) is 1.55. The summed E-state index contributed by atoms with van der Waals surface area (Å²) in [5, 5.41) is 0. The van der Waals surface area contributed by atoms with Crippen molar-refractivity contribution in [3.63, 3.8) is 0 Å². The first-order valence-electron chi connectivity index (χ1n) is 10.4. The SMILES string of the molecule is COc1ccc2c(c1)CC(C(=O)N1CCC(n3c(=O)[nH]c4ccccc43)CC1)CO2. The zero-order valence-electron chi connectivity index (χ0n) is 17.0. The Morgan fingerprint density at radius 3 is 2.77 bits per heavy atom. The maximum Gasteiger partial charge on any atom is 0.326 e. The Hall–Kier alpha value is -3.22. The van der Waals surface area contributed by atoms with E-state index in [2.05, 4.69) is 4.98 Å². The number of methoxy groups -OCH3 is 1. The second-order valence-corrected chi connectivity index (χ2v) is 8.06. The lowest BCUT2D eigenvalue weighted by Crippen LogP contribution is -2.45. The minimum absolute atomic E-state index is 0.0767. The number of aromatic nitrogens is 2. The maximum absolute atomic E-state index is 13.1. The summed E-state index contributed by atoms with van der Waals surface area (Å²) >= 11 is 0. The molecule has 7 heteroatoms. The highest BCUT2D eigenvalue weighted by molar-refractivity contribution is 5.80. The van der Waals surface area contributed by atoms with Gasteiger partial charge >= 0.3 is 5.69 Å². The van der Waals surface area contributed by atoms with Gasteiger partial charge in [-0.05, 0) is 55.2 Å². The molecule has 1 aromatic heterocycles. The van der Waals surface area contributed by atoms with E-state index in [0.717, 1.165) is 40.9 Å². The van der Waals surface area contributed by atoms with Gasteiger partial charge in [0.1, 0.15) is 18.1 Å². The number of piperidine rings is 1. The molecular weight excluding hydrogens is 382 g/mol. The summed E-state index contributed by atoms with van der Waals surface area (Å²) in [6.45, 7) is 1.70. The molecule has 0 saturated carbocycles. The van der Waals surface area contributed by atoms with E-state index >= 15 is 0 Å².